The number of hydrogen-bond donors (Lipinski definition) is 2. The summed E-state index contributed by atoms with van der Waals surface area (Å²) < 4.78 is 17.5. The van der Waals surface area contributed by atoms with Crippen molar-refractivity contribution in [3.63, 3.8) is 0 Å². The van der Waals surface area contributed by atoms with Gasteiger partial charge in [-0.3, -0.25) is 4.79 Å². The van der Waals surface area contributed by atoms with Gasteiger partial charge in [-0.25, -0.2) is 4.79 Å². The van der Waals surface area contributed by atoms with Crippen LogP contribution in [0.2, 0.25) is 0 Å². The van der Waals surface area contributed by atoms with Crippen LogP contribution in [-0.2, 0) is 19.1 Å². The Balaban J connectivity index is 1.56. The van der Waals surface area contributed by atoms with E-state index in [2.05, 4.69) is 6.92 Å². The van der Waals surface area contributed by atoms with E-state index in [0.717, 1.165) is 5.56 Å². The van der Waals surface area contributed by atoms with Gasteiger partial charge in [0.25, 0.3) is 0 Å². The summed E-state index contributed by atoms with van der Waals surface area (Å²) in [5.41, 5.74) is -3.38. The first kappa shape index (κ1) is 21.6. The van der Waals surface area contributed by atoms with Crippen LogP contribution in [0.15, 0.2) is 35.2 Å². The smallest absolute Gasteiger partial charge is 0.339 e. The van der Waals surface area contributed by atoms with Gasteiger partial charge in [-0.05, 0) is 42.2 Å². The first-order valence-corrected chi connectivity index (χ1v) is 11.9. The van der Waals surface area contributed by atoms with E-state index in [0.29, 0.717) is 12.8 Å². The number of cyclic esters (lactones) is 1. The minimum Gasteiger partial charge on any atom is -0.472 e. The fourth-order valence-electron chi connectivity index (χ4n) is 8.83. The molecule has 2 N–H and O–H groups in total. The van der Waals surface area contributed by atoms with E-state index in [1.807, 2.05) is 33.8 Å². The van der Waals surface area contributed by atoms with Crippen molar-refractivity contribution < 1.29 is 33.7 Å². The average Bonchev–Trinajstić information content (AvgIpc) is 3.30. The highest BCUT2D eigenvalue weighted by molar-refractivity contribution is 5.95. The maximum Gasteiger partial charge on any atom is 0.339 e. The predicted molar refractivity (Wildman–Crippen MR) is 115 cm³/mol. The Morgan fingerprint density at radius 2 is 1.76 bits per heavy atom. The summed E-state index contributed by atoms with van der Waals surface area (Å²) in [7, 11) is 0. The lowest BCUT2D eigenvalue weighted by Crippen LogP contribution is -2.76. The van der Waals surface area contributed by atoms with E-state index in [-0.39, 0.29) is 24.0 Å². The molecule has 8 atom stereocenters. The quantitative estimate of drug-likeness (QED) is 0.379. The molecule has 5 aliphatic rings. The molecule has 0 radical (unpaired) electrons. The van der Waals surface area contributed by atoms with Crippen LogP contribution in [-0.4, -0.2) is 39.5 Å². The molecule has 7 heteroatoms. The average molecular weight is 457 g/mol. The van der Waals surface area contributed by atoms with E-state index in [1.165, 1.54) is 0 Å². The second-order valence-electron chi connectivity index (χ2n) is 12.2. The van der Waals surface area contributed by atoms with E-state index >= 15 is 0 Å². The highest BCUT2D eigenvalue weighted by Gasteiger charge is 2.90. The van der Waals surface area contributed by atoms with E-state index < -0.39 is 51.2 Å². The largest absolute Gasteiger partial charge is 0.472 e. The molecule has 2 aliphatic heterocycles. The third-order valence-corrected chi connectivity index (χ3v) is 10.7. The molecule has 0 bridgehead atoms. The lowest BCUT2D eigenvalue weighted by molar-refractivity contribution is -0.355. The monoisotopic (exact) mass is 456 g/mol. The molecular formula is C26H32O7. The normalized spacial score (nSPS) is 51.0. The molecule has 7 nitrogen and oxygen atoms in total. The van der Waals surface area contributed by atoms with Gasteiger partial charge in [0.05, 0.1) is 17.9 Å². The molecule has 0 amide bonds. The molecule has 6 rings (SSSR count). The first-order valence-electron chi connectivity index (χ1n) is 11.9. The van der Waals surface area contributed by atoms with E-state index in [4.69, 9.17) is 13.9 Å². The van der Waals surface area contributed by atoms with Crippen molar-refractivity contribution in [3.8, 4) is 0 Å². The predicted octanol–water partition coefficient (Wildman–Crippen LogP) is 3.31. The SMILES string of the molecule is CC1(C)C(=O)C=C[C@@]2(C)C1CC(O)(O)[C@]1(C)C2CC[C@@]2(C)[C@H](c3ccoc3)OC(=O)[C@H]3O[C@]321. The zero-order valence-corrected chi connectivity index (χ0v) is 19.8. The number of hydrogen-bond acceptors (Lipinski definition) is 7. The third-order valence-electron chi connectivity index (χ3n) is 10.7. The van der Waals surface area contributed by atoms with Gasteiger partial charge in [0, 0.05) is 22.8 Å². The zero-order chi connectivity index (χ0) is 23.8. The minimum absolute atomic E-state index is 0.00463. The van der Waals surface area contributed by atoms with Crippen molar-refractivity contribution in [2.45, 2.75) is 77.5 Å². The summed E-state index contributed by atoms with van der Waals surface area (Å²) in [6.45, 7) is 9.84. The number of esters is 1. The first-order chi connectivity index (χ1) is 15.3. The molecule has 1 aromatic rings. The van der Waals surface area contributed by atoms with Gasteiger partial charge in [-0.1, -0.05) is 40.7 Å². The van der Waals surface area contributed by atoms with Gasteiger partial charge in [-0.15, -0.1) is 0 Å². The Hall–Kier alpha value is -1.96. The standard InChI is InChI=1S/C26H32O7/c1-21(2)16-12-25(29,30)24(5)15(22(16,3)9-7-17(21)27)6-10-23(4)18(14-8-11-31-13-14)32-20(28)19-26(23,24)33-19/h7-9,11,13,15-16,18-19,29-30H,6,10,12H2,1-5H3/t15?,16?,18-,19+,22+,23-,24-,26+/m0/s1. The number of fused-ring (bicyclic) bond motifs is 3. The van der Waals surface area contributed by atoms with Crippen molar-refractivity contribution >= 4 is 11.8 Å². The van der Waals surface area contributed by atoms with Crippen LogP contribution < -0.4 is 0 Å². The molecule has 0 aromatic carbocycles. The number of aliphatic hydroxyl groups is 2. The maximum atomic E-state index is 13.1. The summed E-state index contributed by atoms with van der Waals surface area (Å²) in [4.78, 5) is 25.9. The van der Waals surface area contributed by atoms with Crippen LogP contribution in [0.1, 0.15) is 65.5 Å². The molecule has 178 valence electrons. The Bertz CT molecular complexity index is 1090. The summed E-state index contributed by atoms with van der Waals surface area (Å²) in [6.07, 6.45) is 6.70. The number of rotatable bonds is 1. The highest BCUT2D eigenvalue weighted by atomic mass is 16.7. The Morgan fingerprint density at radius 3 is 2.42 bits per heavy atom. The second-order valence-corrected chi connectivity index (χ2v) is 12.2. The lowest BCUT2D eigenvalue weighted by Gasteiger charge is -2.70. The van der Waals surface area contributed by atoms with Gasteiger partial charge >= 0.3 is 5.97 Å². The summed E-state index contributed by atoms with van der Waals surface area (Å²) in [6, 6.07) is 1.79. The maximum absolute atomic E-state index is 13.1. The second kappa shape index (κ2) is 5.81. The highest BCUT2D eigenvalue weighted by Crippen LogP contribution is 2.80. The number of furan rings is 1. The van der Waals surface area contributed by atoms with Crippen LogP contribution in [0.25, 0.3) is 0 Å². The summed E-state index contributed by atoms with van der Waals surface area (Å²) in [5.74, 6) is -3.08. The van der Waals surface area contributed by atoms with Crippen molar-refractivity contribution in [1.29, 1.82) is 0 Å². The van der Waals surface area contributed by atoms with Crippen LogP contribution in [0.4, 0.5) is 0 Å². The van der Waals surface area contributed by atoms with Crippen molar-refractivity contribution in [3.05, 3.63) is 36.3 Å². The molecule has 2 saturated heterocycles. The zero-order valence-electron chi connectivity index (χ0n) is 19.8. The van der Waals surface area contributed by atoms with Crippen LogP contribution in [0.3, 0.4) is 0 Å². The molecule has 2 unspecified atom stereocenters. The van der Waals surface area contributed by atoms with E-state index in [1.54, 1.807) is 24.7 Å². The molecule has 33 heavy (non-hydrogen) atoms. The van der Waals surface area contributed by atoms with Crippen LogP contribution in [0, 0.1) is 33.5 Å². The van der Waals surface area contributed by atoms with E-state index in [9.17, 15) is 19.8 Å². The number of carbonyl (C=O) groups excluding carboxylic acids is 2. The van der Waals surface area contributed by atoms with Gasteiger partial charge in [0.1, 0.15) is 11.7 Å². The van der Waals surface area contributed by atoms with Gasteiger partial charge in [0.2, 0.25) is 0 Å². The fourth-order valence-corrected chi connectivity index (χ4v) is 8.83. The van der Waals surface area contributed by atoms with Crippen molar-refractivity contribution in [2.24, 2.45) is 33.5 Å². The van der Waals surface area contributed by atoms with Gasteiger partial charge < -0.3 is 24.1 Å². The molecule has 4 fully saturated rings. The Morgan fingerprint density at radius 1 is 1.03 bits per heavy atom. The lowest BCUT2D eigenvalue weighted by atomic mass is 9.35. The third kappa shape index (κ3) is 2.10. The minimum atomic E-state index is -2.14. The topological polar surface area (TPSA) is 110 Å². The van der Waals surface area contributed by atoms with Gasteiger partial charge in [0.15, 0.2) is 17.7 Å². The molecule has 1 aromatic heterocycles. The Labute approximate surface area is 193 Å². The molecule has 1 spiro atoms. The van der Waals surface area contributed by atoms with Crippen molar-refractivity contribution in [2.75, 3.05) is 0 Å². The molecule has 3 heterocycles. The number of carbonyl (C=O) groups is 2. The summed E-state index contributed by atoms with van der Waals surface area (Å²) in [5, 5.41) is 23.6. The summed E-state index contributed by atoms with van der Waals surface area (Å²) >= 11 is 0. The fraction of sp³-hybridized carbons (Fsp3) is 0.692. The van der Waals surface area contributed by atoms with Crippen molar-refractivity contribution in [1.82, 2.24) is 0 Å². The molecule has 2 saturated carbocycles. The number of ketones is 1. The number of allylic oxidation sites excluding steroid dienone is 2. The van der Waals surface area contributed by atoms with Crippen LogP contribution >= 0.6 is 0 Å². The number of ether oxygens (including phenoxy) is 2. The number of epoxide rings is 1. The molecule has 3 aliphatic carbocycles. The van der Waals surface area contributed by atoms with Crippen LogP contribution in [0.5, 0.6) is 0 Å². The Kier molecular flexibility index (Phi) is 3.80. The molecular weight excluding hydrogens is 424 g/mol. The van der Waals surface area contributed by atoms with Gasteiger partial charge in [-0.2, -0.15) is 0 Å².